The monoisotopic (exact) mass is 480 g/mol. The van der Waals surface area contributed by atoms with E-state index in [4.69, 9.17) is 0 Å². The molecule has 3 nitrogen and oxygen atoms in total. The first-order valence-electron chi connectivity index (χ1n) is 13.9. The van der Waals surface area contributed by atoms with Crippen LogP contribution in [0.2, 0.25) is 0 Å². The van der Waals surface area contributed by atoms with Gasteiger partial charge in [0.25, 0.3) is 0 Å². The molecule has 3 aromatic rings. The predicted molar refractivity (Wildman–Crippen MR) is 148 cm³/mol. The standard InChI is InChI=1S/C33H40N2O/c1-32(35-25-15-6-16-26-35,31(36)34-30-23-13-5-14-24-30)33(27-17-7-2-8-18-27,28-19-9-3-10-20-28)29-21-11-4-12-22-29/h2-4,7-12,17-22,30H,5-6,13-16,23-26H2,1H3,(H,34,36). The van der Waals surface area contributed by atoms with E-state index < -0.39 is 11.0 Å². The lowest BCUT2D eigenvalue weighted by Crippen LogP contribution is -2.70. The fraction of sp³-hybridized carbons (Fsp3) is 0.424. The Bertz CT molecular complexity index is 1010. The van der Waals surface area contributed by atoms with Crippen LogP contribution < -0.4 is 5.32 Å². The third kappa shape index (κ3) is 4.39. The minimum absolute atomic E-state index is 0.160. The van der Waals surface area contributed by atoms with Crippen LogP contribution >= 0.6 is 0 Å². The molecule has 0 bridgehead atoms. The van der Waals surface area contributed by atoms with Crippen LogP contribution in [-0.2, 0) is 10.2 Å². The molecule has 2 aliphatic rings. The molecule has 1 saturated carbocycles. The molecule has 188 valence electrons. The van der Waals surface area contributed by atoms with Crippen molar-refractivity contribution in [2.24, 2.45) is 0 Å². The van der Waals surface area contributed by atoms with Crippen molar-refractivity contribution in [3.8, 4) is 0 Å². The number of rotatable bonds is 7. The first-order chi connectivity index (χ1) is 17.7. The van der Waals surface area contributed by atoms with Crippen LogP contribution in [0.1, 0.15) is 75.0 Å². The summed E-state index contributed by atoms with van der Waals surface area (Å²) in [5.41, 5.74) is 2.00. The topological polar surface area (TPSA) is 32.3 Å². The van der Waals surface area contributed by atoms with Gasteiger partial charge in [-0.15, -0.1) is 0 Å². The van der Waals surface area contributed by atoms with Gasteiger partial charge in [0, 0.05) is 6.04 Å². The van der Waals surface area contributed by atoms with Crippen molar-refractivity contribution in [1.82, 2.24) is 10.2 Å². The maximum atomic E-state index is 14.8. The summed E-state index contributed by atoms with van der Waals surface area (Å²) in [7, 11) is 0. The van der Waals surface area contributed by atoms with E-state index in [2.05, 4.69) is 108 Å². The molecule has 36 heavy (non-hydrogen) atoms. The van der Waals surface area contributed by atoms with Crippen LogP contribution in [0.25, 0.3) is 0 Å². The Balaban J connectivity index is 1.78. The number of carbonyl (C=O) groups is 1. The summed E-state index contributed by atoms with van der Waals surface area (Å²) in [5.74, 6) is 0.160. The first kappa shape index (κ1) is 24.8. The lowest BCUT2D eigenvalue weighted by atomic mass is 9.57. The average Bonchev–Trinajstić information content (AvgIpc) is 2.96. The summed E-state index contributed by atoms with van der Waals surface area (Å²) in [5, 5.41) is 3.59. The van der Waals surface area contributed by atoms with Crippen molar-refractivity contribution in [3.63, 3.8) is 0 Å². The van der Waals surface area contributed by atoms with Gasteiger partial charge in [0.2, 0.25) is 5.91 Å². The molecule has 3 heteroatoms. The van der Waals surface area contributed by atoms with Gasteiger partial charge < -0.3 is 5.32 Å². The number of likely N-dealkylation sites (tertiary alicyclic amines) is 1. The molecular weight excluding hydrogens is 440 g/mol. The number of carbonyl (C=O) groups excluding carboxylic acids is 1. The zero-order valence-electron chi connectivity index (χ0n) is 21.7. The second kappa shape index (κ2) is 11.0. The molecule has 5 rings (SSSR count). The quantitative estimate of drug-likeness (QED) is 0.381. The molecule has 0 spiro atoms. The number of amides is 1. The third-order valence-electron chi connectivity index (χ3n) is 8.72. The Morgan fingerprint density at radius 3 is 1.53 bits per heavy atom. The Hall–Kier alpha value is -2.91. The molecule has 2 fully saturated rings. The van der Waals surface area contributed by atoms with Gasteiger partial charge in [0.15, 0.2) is 0 Å². The van der Waals surface area contributed by atoms with Gasteiger partial charge in [-0.05, 0) is 62.4 Å². The van der Waals surface area contributed by atoms with E-state index in [9.17, 15) is 4.79 Å². The Morgan fingerprint density at radius 1 is 0.667 bits per heavy atom. The molecule has 1 aliphatic carbocycles. The molecule has 1 heterocycles. The van der Waals surface area contributed by atoms with E-state index in [0.29, 0.717) is 0 Å². The van der Waals surface area contributed by atoms with Crippen LogP contribution in [0.5, 0.6) is 0 Å². The second-order valence-electron chi connectivity index (χ2n) is 10.8. The lowest BCUT2D eigenvalue weighted by molar-refractivity contribution is -0.137. The SMILES string of the molecule is CC(C(=O)NC1CCCCC1)(N1CCCCC1)C(c1ccccc1)(c1ccccc1)c1ccccc1. The summed E-state index contributed by atoms with van der Waals surface area (Å²) in [6.07, 6.45) is 9.32. The molecule has 1 N–H and O–H groups in total. The minimum Gasteiger partial charge on any atom is -0.352 e. The zero-order chi connectivity index (χ0) is 24.8. The fourth-order valence-corrected chi connectivity index (χ4v) is 6.87. The van der Waals surface area contributed by atoms with Crippen LogP contribution in [0.4, 0.5) is 0 Å². The van der Waals surface area contributed by atoms with E-state index >= 15 is 0 Å². The molecular formula is C33H40N2O. The number of nitrogens with one attached hydrogen (secondary N) is 1. The Labute approximate surface area is 216 Å². The number of nitrogens with zero attached hydrogens (tertiary/aromatic N) is 1. The van der Waals surface area contributed by atoms with Gasteiger partial charge >= 0.3 is 0 Å². The van der Waals surface area contributed by atoms with Crippen molar-refractivity contribution >= 4 is 5.91 Å². The molecule has 1 saturated heterocycles. The molecule has 1 amide bonds. The molecule has 3 aromatic carbocycles. The molecule has 1 unspecified atom stereocenters. The highest BCUT2D eigenvalue weighted by molar-refractivity contribution is 5.91. The normalized spacial score (nSPS) is 19.4. The second-order valence-corrected chi connectivity index (χ2v) is 10.8. The van der Waals surface area contributed by atoms with E-state index in [1.165, 1.54) is 25.7 Å². The fourth-order valence-electron chi connectivity index (χ4n) is 6.87. The number of piperidine rings is 1. The summed E-state index contributed by atoms with van der Waals surface area (Å²) in [6, 6.07) is 32.5. The molecule has 1 aliphatic heterocycles. The summed E-state index contributed by atoms with van der Waals surface area (Å²) in [4.78, 5) is 17.3. The smallest absolute Gasteiger partial charge is 0.242 e. The Kier molecular flexibility index (Phi) is 7.57. The van der Waals surface area contributed by atoms with Crippen molar-refractivity contribution < 1.29 is 4.79 Å². The number of benzene rings is 3. The van der Waals surface area contributed by atoms with Gasteiger partial charge in [-0.25, -0.2) is 0 Å². The molecule has 1 atom stereocenters. The summed E-state index contributed by atoms with van der Waals surface area (Å²) in [6.45, 7) is 4.09. The first-order valence-corrected chi connectivity index (χ1v) is 13.9. The predicted octanol–water partition coefficient (Wildman–Crippen LogP) is 6.71. The van der Waals surface area contributed by atoms with Crippen molar-refractivity contribution in [1.29, 1.82) is 0 Å². The molecule has 0 aromatic heterocycles. The van der Waals surface area contributed by atoms with E-state index in [1.807, 2.05) is 0 Å². The highest BCUT2D eigenvalue weighted by Crippen LogP contribution is 2.51. The third-order valence-corrected chi connectivity index (χ3v) is 8.72. The van der Waals surface area contributed by atoms with E-state index in [-0.39, 0.29) is 11.9 Å². The van der Waals surface area contributed by atoms with Gasteiger partial charge in [0.05, 0.1) is 5.41 Å². The molecule has 0 radical (unpaired) electrons. The average molecular weight is 481 g/mol. The number of hydrogen-bond donors (Lipinski definition) is 1. The summed E-state index contributed by atoms with van der Waals surface area (Å²) < 4.78 is 0. The van der Waals surface area contributed by atoms with E-state index in [0.717, 1.165) is 55.5 Å². The van der Waals surface area contributed by atoms with Gasteiger partial charge in [-0.3, -0.25) is 9.69 Å². The van der Waals surface area contributed by atoms with Crippen molar-refractivity contribution in [3.05, 3.63) is 108 Å². The van der Waals surface area contributed by atoms with Crippen LogP contribution in [0.15, 0.2) is 91.0 Å². The summed E-state index contributed by atoms with van der Waals surface area (Å²) >= 11 is 0. The maximum absolute atomic E-state index is 14.8. The highest BCUT2D eigenvalue weighted by atomic mass is 16.2. The highest BCUT2D eigenvalue weighted by Gasteiger charge is 2.59. The van der Waals surface area contributed by atoms with Crippen LogP contribution in [0.3, 0.4) is 0 Å². The lowest BCUT2D eigenvalue weighted by Gasteiger charge is -2.55. The van der Waals surface area contributed by atoms with E-state index in [1.54, 1.807) is 0 Å². The largest absolute Gasteiger partial charge is 0.352 e. The zero-order valence-corrected chi connectivity index (χ0v) is 21.7. The Morgan fingerprint density at radius 2 is 1.08 bits per heavy atom. The van der Waals surface area contributed by atoms with Crippen molar-refractivity contribution in [2.45, 2.75) is 75.3 Å². The number of hydrogen-bond acceptors (Lipinski definition) is 2. The van der Waals surface area contributed by atoms with Gasteiger partial charge in [-0.1, -0.05) is 117 Å². The van der Waals surface area contributed by atoms with Gasteiger partial charge in [0.1, 0.15) is 5.54 Å². The van der Waals surface area contributed by atoms with Crippen LogP contribution in [-0.4, -0.2) is 35.5 Å². The minimum atomic E-state index is -0.811. The van der Waals surface area contributed by atoms with Crippen molar-refractivity contribution in [2.75, 3.05) is 13.1 Å². The van der Waals surface area contributed by atoms with Crippen LogP contribution in [0, 0.1) is 0 Å². The maximum Gasteiger partial charge on any atom is 0.242 e. The van der Waals surface area contributed by atoms with Gasteiger partial charge in [-0.2, -0.15) is 0 Å².